The first kappa shape index (κ1) is 22.9. The van der Waals surface area contributed by atoms with E-state index in [1.807, 2.05) is 29.8 Å². The highest BCUT2D eigenvalue weighted by Gasteiger charge is 2.26. The van der Waals surface area contributed by atoms with Crippen molar-refractivity contribution in [3.63, 3.8) is 0 Å². The summed E-state index contributed by atoms with van der Waals surface area (Å²) in [5, 5.41) is 12.0. The van der Waals surface area contributed by atoms with Crippen molar-refractivity contribution in [2.24, 2.45) is 0 Å². The topological polar surface area (TPSA) is 97.2 Å². The minimum atomic E-state index is -3.54. The van der Waals surface area contributed by atoms with E-state index in [1.54, 1.807) is 22.1 Å². The van der Waals surface area contributed by atoms with Gasteiger partial charge in [0.1, 0.15) is 5.82 Å². The summed E-state index contributed by atoms with van der Waals surface area (Å²) in [7, 11) is -3.54. The zero-order chi connectivity index (χ0) is 23.7. The lowest BCUT2D eigenvalue weighted by Crippen LogP contribution is -2.35. The minimum absolute atomic E-state index is 0.204. The number of sulfonamides is 1. The van der Waals surface area contributed by atoms with Crippen LogP contribution in [0.2, 0.25) is 0 Å². The molecule has 1 fully saturated rings. The molecule has 0 aliphatic carbocycles. The summed E-state index contributed by atoms with van der Waals surface area (Å²) in [5.74, 6) is 0.151. The maximum absolute atomic E-state index is 12.9. The van der Waals surface area contributed by atoms with Crippen LogP contribution in [0.1, 0.15) is 35.3 Å². The molecule has 1 amide bonds. The molecule has 0 bridgehead atoms. The number of nitrogens with zero attached hydrogens (tertiary/aromatic N) is 4. The highest BCUT2D eigenvalue weighted by Crippen LogP contribution is 2.29. The summed E-state index contributed by atoms with van der Waals surface area (Å²) in [4.78, 5) is 18.9. The zero-order valence-electron chi connectivity index (χ0n) is 18.5. The van der Waals surface area contributed by atoms with E-state index in [-0.39, 0.29) is 10.8 Å². The number of carbonyl (C=O) groups is 1. The third kappa shape index (κ3) is 4.56. The van der Waals surface area contributed by atoms with Gasteiger partial charge < -0.3 is 5.32 Å². The number of carbonyl (C=O) groups excluding carboxylic acids is 1. The minimum Gasteiger partial charge on any atom is -0.306 e. The van der Waals surface area contributed by atoms with E-state index in [0.29, 0.717) is 29.6 Å². The molecule has 4 aromatic rings. The molecule has 0 unspecified atom stereocenters. The highest BCUT2D eigenvalue weighted by molar-refractivity contribution is 7.89. The summed E-state index contributed by atoms with van der Waals surface area (Å²) < 4.78 is 28.9. The molecular formula is C23H23N5O3S3. The molecule has 0 spiro atoms. The molecule has 0 saturated carbocycles. The van der Waals surface area contributed by atoms with Crippen molar-refractivity contribution in [2.45, 2.75) is 31.1 Å². The molecular weight excluding hydrogens is 490 g/mol. The summed E-state index contributed by atoms with van der Waals surface area (Å²) >= 11 is 3.06. The third-order valence-corrected chi connectivity index (χ3v) is 9.21. The number of hydrogen-bond acceptors (Lipinski definition) is 7. The van der Waals surface area contributed by atoms with Gasteiger partial charge in [0.15, 0.2) is 0 Å². The number of benzene rings is 1. The largest absolute Gasteiger partial charge is 0.306 e. The van der Waals surface area contributed by atoms with Crippen LogP contribution in [0, 0.1) is 6.92 Å². The Morgan fingerprint density at radius 3 is 2.53 bits per heavy atom. The van der Waals surface area contributed by atoms with Gasteiger partial charge in [-0.15, -0.1) is 22.7 Å². The summed E-state index contributed by atoms with van der Waals surface area (Å²) in [6, 6.07) is 11.8. The molecule has 1 aromatic carbocycles. The van der Waals surface area contributed by atoms with Crippen molar-refractivity contribution in [3.05, 3.63) is 64.5 Å². The van der Waals surface area contributed by atoms with E-state index in [2.05, 4.69) is 15.4 Å². The molecule has 176 valence electrons. The number of aryl methyl sites for hydroxylation is 1. The number of aromatic nitrogens is 3. The van der Waals surface area contributed by atoms with Crippen molar-refractivity contribution in [3.8, 4) is 15.7 Å². The lowest BCUT2D eigenvalue weighted by atomic mass is 10.2. The van der Waals surface area contributed by atoms with Gasteiger partial charge in [0.2, 0.25) is 15.2 Å². The lowest BCUT2D eigenvalue weighted by molar-refractivity contribution is 0.102. The van der Waals surface area contributed by atoms with Crippen molar-refractivity contribution in [2.75, 3.05) is 18.4 Å². The van der Waals surface area contributed by atoms with Gasteiger partial charge >= 0.3 is 0 Å². The third-order valence-electron chi connectivity index (χ3n) is 5.59. The standard InChI is InChI=1S/C23H23N5O3S3/c1-16-14-21(28(26-16)23-24-19(15-33-23)20-6-5-13-32-20)25-22(29)17-7-9-18(10-8-17)34(30,31)27-11-3-2-4-12-27/h5-10,13-15H,2-4,11-12H2,1H3,(H,25,29). The van der Waals surface area contributed by atoms with E-state index in [1.165, 1.54) is 39.9 Å². The first-order valence-electron chi connectivity index (χ1n) is 10.9. The van der Waals surface area contributed by atoms with Crippen LogP contribution in [0.5, 0.6) is 0 Å². The van der Waals surface area contributed by atoms with Gasteiger partial charge in [-0.05, 0) is 55.5 Å². The van der Waals surface area contributed by atoms with Gasteiger partial charge in [-0.25, -0.2) is 13.4 Å². The number of thiophene rings is 1. The number of amides is 1. The summed E-state index contributed by atoms with van der Waals surface area (Å²) in [5.41, 5.74) is 1.97. The predicted molar refractivity (Wildman–Crippen MR) is 134 cm³/mol. The van der Waals surface area contributed by atoms with Crippen LogP contribution in [-0.4, -0.2) is 46.5 Å². The molecule has 5 rings (SSSR count). The van der Waals surface area contributed by atoms with Gasteiger partial charge in [-0.3, -0.25) is 4.79 Å². The maximum atomic E-state index is 12.9. The molecule has 34 heavy (non-hydrogen) atoms. The van der Waals surface area contributed by atoms with Crippen LogP contribution in [0.25, 0.3) is 15.7 Å². The molecule has 0 radical (unpaired) electrons. The van der Waals surface area contributed by atoms with Crippen LogP contribution >= 0.6 is 22.7 Å². The van der Waals surface area contributed by atoms with Crippen molar-refractivity contribution >= 4 is 44.4 Å². The van der Waals surface area contributed by atoms with E-state index in [0.717, 1.165) is 35.5 Å². The number of hydrogen-bond donors (Lipinski definition) is 1. The van der Waals surface area contributed by atoms with Crippen molar-refractivity contribution in [1.29, 1.82) is 0 Å². The van der Waals surface area contributed by atoms with Gasteiger partial charge in [0.05, 0.1) is 21.2 Å². The number of nitrogens with one attached hydrogen (secondary N) is 1. The fraction of sp³-hybridized carbons (Fsp3) is 0.261. The lowest BCUT2D eigenvalue weighted by Gasteiger charge is -2.25. The van der Waals surface area contributed by atoms with Crippen LogP contribution in [-0.2, 0) is 10.0 Å². The van der Waals surface area contributed by atoms with Gasteiger partial charge in [0.25, 0.3) is 5.91 Å². The molecule has 8 nitrogen and oxygen atoms in total. The number of rotatable bonds is 6. The molecule has 0 atom stereocenters. The number of piperidine rings is 1. The van der Waals surface area contributed by atoms with E-state index < -0.39 is 10.0 Å². The average molecular weight is 514 g/mol. The zero-order valence-corrected chi connectivity index (χ0v) is 20.9. The first-order chi connectivity index (χ1) is 16.4. The summed E-state index contributed by atoms with van der Waals surface area (Å²) in [6.45, 7) is 2.93. The predicted octanol–water partition coefficient (Wildman–Crippen LogP) is 4.79. The van der Waals surface area contributed by atoms with Gasteiger partial charge in [-0.1, -0.05) is 12.5 Å². The van der Waals surface area contributed by atoms with E-state index in [9.17, 15) is 13.2 Å². The van der Waals surface area contributed by atoms with Crippen molar-refractivity contribution < 1.29 is 13.2 Å². The Bertz CT molecular complexity index is 1400. The molecule has 4 heterocycles. The Morgan fingerprint density at radius 1 is 1.06 bits per heavy atom. The SMILES string of the molecule is Cc1cc(NC(=O)c2ccc(S(=O)(=O)N3CCCCC3)cc2)n(-c2nc(-c3cccs3)cs2)n1. The molecule has 1 aliphatic heterocycles. The number of thiazole rings is 1. The second kappa shape index (κ2) is 9.41. The monoisotopic (exact) mass is 513 g/mol. The second-order valence-electron chi connectivity index (χ2n) is 8.02. The van der Waals surface area contributed by atoms with Crippen molar-refractivity contribution in [1.82, 2.24) is 19.1 Å². The quantitative estimate of drug-likeness (QED) is 0.400. The first-order valence-corrected chi connectivity index (χ1v) is 14.1. The number of anilines is 1. The second-order valence-corrected chi connectivity index (χ2v) is 11.7. The highest BCUT2D eigenvalue weighted by atomic mass is 32.2. The summed E-state index contributed by atoms with van der Waals surface area (Å²) in [6.07, 6.45) is 2.80. The maximum Gasteiger partial charge on any atom is 0.256 e. The Labute approximate surface area is 205 Å². The van der Waals surface area contributed by atoms with Crippen LogP contribution < -0.4 is 5.32 Å². The molecule has 11 heteroatoms. The molecule has 1 N–H and O–H groups in total. The van der Waals surface area contributed by atoms with E-state index >= 15 is 0 Å². The average Bonchev–Trinajstić information content (AvgIpc) is 3.61. The fourth-order valence-electron chi connectivity index (χ4n) is 3.85. The Kier molecular flexibility index (Phi) is 6.34. The molecule has 3 aromatic heterocycles. The van der Waals surface area contributed by atoms with Gasteiger partial charge in [0, 0.05) is 30.1 Å². The molecule has 1 aliphatic rings. The van der Waals surface area contributed by atoms with Crippen LogP contribution in [0.4, 0.5) is 5.82 Å². The van der Waals surface area contributed by atoms with Gasteiger partial charge in [-0.2, -0.15) is 14.1 Å². The molecule has 1 saturated heterocycles. The normalized spacial score (nSPS) is 14.9. The Balaban J connectivity index is 1.34. The van der Waals surface area contributed by atoms with E-state index in [4.69, 9.17) is 0 Å². The van der Waals surface area contributed by atoms with Crippen LogP contribution in [0.15, 0.2) is 58.1 Å². The Hall–Kier alpha value is -2.86. The fourth-order valence-corrected chi connectivity index (χ4v) is 6.92. The smallest absolute Gasteiger partial charge is 0.256 e. The van der Waals surface area contributed by atoms with Crippen LogP contribution in [0.3, 0.4) is 0 Å². The Morgan fingerprint density at radius 2 is 1.82 bits per heavy atom.